The van der Waals surface area contributed by atoms with Gasteiger partial charge < -0.3 is 48.2 Å². The minimum Gasteiger partial charge on any atom is -0.494 e. The molecule has 11 heteroatoms. The predicted octanol–water partition coefficient (Wildman–Crippen LogP) is 4.34. The Hall–Kier alpha value is -3.09. The molecule has 1 amide bonds. The number of hydrogen-bond acceptors (Lipinski definition) is 9. The van der Waals surface area contributed by atoms with Crippen molar-refractivity contribution in [3.05, 3.63) is 53.6 Å². The fourth-order valence-corrected chi connectivity index (χ4v) is 5.91. The Morgan fingerprint density at radius 2 is 1.67 bits per heavy atom. The zero-order valence-corrected chi connectivity index (χ0v) is 27.3. The molecule has 0 bridgehead atoms. The van der Waals surface area contributed by atoms with Crippen molar-refractivity contribution in [1.29, 1.82) is 0 Å². The number of methoxy groups -OCH3 is 2. The fraction of sp³-hybridized carbons (Fsp3) is 0.618. The van der Waals surface area contributed by atoms with Crippen molar-refractivity contribution in [3.8, 4) is 11.5 Å². The summed E-state index contributed by atoms with van der Waals surface area (Å²) in [6.07, 6.45) is 0.849. The Balaban J connectivity index is 1.53. The SMILES string of the molecule is COCCCOc1ccc([C@@H]2[C@@H](OCc3ccc4c(c3)N(CCCOC)CCO4)CN(C(=O)O)C[C@H]2OCCCN(C)C)cc1. The van der Waals surface area contributed by atoms with E-state index in [0.29, 0.717) is 39.6 Å². The van der Waals surface area contributed by atoms with Crippen molar-refractivity contribution in [2.45, 2.75) is 44.0 Å². The summed E-state index contributed by atoms with van der Waals surface area (Å²) >= 11 is 0. The van der Waals surface area contributed by atoms with Gasteiger partial charge in [-0.3, -0.25) is 0 Å². The smallest absolute Gasteiger partial charge is 0.407 e. The third-order valence-electron chi connectivity index (χ3n) is 8.20. The molecular formula is C34H51N3O8. The molecule has 11 nitrogen and oxygen atoms in total. The number of likely N-dealkylation sites (tertiary alicyclic amines) is 1. The van der Waals surface area contributed by atoms with Crippen LogP contribution in [0.2, 0.25) is 0 Å². The molecule has 3 atom stereocenters. The van der Waals surface area contributed by atoms with Crippen LogP contribution in [-0.4, -0.2) is 127 Å². The molecule has 250 valence electrons. The Kier molecular flexibility index (Phi) is 14.0. The lowest BCUT2D eigenvalue weighted by molar-refractivity contribution is -0.0899. The molecule has 2 heterocycles. The highest BCUT2D eigenvalue weighted by Gasteiger charge is 2.41. The number of nitrogens with zero attached hydrogens (tertiary/aromatic N) is 3. The highest BCUT2D eigenvalue weighted by molar-refractivity contribution is 5.65. The standard InChI is InChI=1S/C34H51N3O8/c1-35(2)14-5-19-43-31-23-37(34(38)39)24-32(33(31)27-9-11-28(12-10-27)42-20-7-18-41-4)45-25-26-8-13-30-29(22-26)36(16-21-44-30)15-6-17-40-3/h8-13,22,31-33H,5-7,14-21,23-25H2,1-4H3,(H,38,39)/t31-,32+,33+/m1/s1. The molecule has 1 N–H and O–H groups in total. The van der Waals surface area contributed by atoms with E-state index in [-0.39, 0.29) is 25.1 Å². The van der Waals surface area contributed by atoms with E-state index in [0.717, 1.165) is 67.2 Å². The van der Waals surface area contributed by atoms with Crippen LogP contribution in [0.3, 0.4) is 0 Å². The highest BCUT2D eigenvalue weighted by atomic mass is 16.5. The van der Waals surface area contributed by atoms with Crippen LogP contribution < -0.4 is 14.4 Å². The van der Waals surface area contributed by atoms with E-state index >= 15 is 0 Å². The van der Waals surface area contributed by atoms with Crippen molar-refractivity contribution >= 4 is 11.8 Å². The lowest BCUT2D eigenvalue weighted by atomic mass is 9.84. The summed E-state index contributed by atoms with van der Waals surface area (Å²) in [5, 5.41) is 10.0. The van der Waals surface area contributed by atoms with Gasteiger partial charge in [0, 0.05) is 52.9 Å². The minimum atomic E-state index is -0.971. The maximum absolute atomic E-state index is 12.2. The molecule has 2 aliphatic heterocycles. The molecule has 0 aliphatic carbocycles. The van der Waals surface area contributed by atoms with Gasteiger partial charge in [0.1, 0.15) is 18.1 Å². The van der Waals surface area contributed by atoms with Crippen LogP contribution in [0.15, 0.2) is 42.5 Å². The Morgan fingerprint density at radius 1 is 0.933 bits per heavy atom. The normalized spacial score (nSPS) is 19.8. The van der Waals surface area contributed by atoms with E-state index in [4.69, 9.17) is 28.4 Å². The first-order valence-corrected chi connectivity index (χ1v) is 16.0. The quantitative estimate of drug-likeness (QED) is 0.240. The molecular weight excluding hydrogens is 578 g/mol. The molecule has 2 aromatic carbocycles. The van der Waals surface area contributed by atoms with Gasteiger partial charge >= 0.3 is 6.09 Å². The van der Waals surface area contributed by atoms with Crippen LogP contribution in [0.25, 0.3) is 0 Å². The summed E-state index contributed by atoms with van der Waals surface area (Å²) in [5.74, 6) is 1.49. The Bertz CT molecular complexity index is 1160. The summed E-state index contributed by atoms with van der Waals surface area (Å²) in [6, 6.07) is 14.2. The average Bonchev–Trinajstić information content (AvgIpc) is 3.04. The molecule has 4 rings (SSSR count). The van der Waals surface area contributed by atoms with Crippen LogP contribution in [0, 0.1) is 0 Å². The minimum absolute atomic E-state index is 0.158. The van der Waals surface area contributed by atoms with E-state index in [2.05, 4.69) is 15.9 Å². The van der Waals surface area contributed by atoms with Gasteiger partial charge in [0.15, 0.2) is 0 Å². The van der Waals surface area contributed by atoms with Gasteiger partial charge in [-0.2, -0.15) is 0 Å². The van der Waals surface area contributed by atoms with E-state index in [1.807, 2.05) is 50.5 Å². The lowest BCUT2D eigenvalue weighted by Gasteiger charge is -2.42. The van der Waals surface area contributed by atoms with Crippen molar-refractivity contribution in [2.24, 2.45) is 0 Å². The fourth-order valence-electron chi connectivity index (χ4n) is 5.91. The first kappa shape index (κ1) is 34.8. The molecule has 1 fully saturated rings. The second-order valence-corrected chi connectivity index (χ2v) is 11.9. The number of fused-ring (bicyclic) bond motifs is 1. The van der Waals surface area contributed by atoms with E-state index in [9.17, 15) is 9.90 Å². The number of benzene rings is 2. The number of amides is 1. The number of hydrogen-bond donors (Lipinski definition) is 1. The second-order valence-electron chi connectivity index (χ2n) is 11.9. The van der Waals surface area contributed by atoms with E-state index in [1.165, 1.54) is 4.90 Å². The van der Waals surface area contributed by atoms with Crippen LogP contribution in [0.1, 0.15) is 36.3 Å². The van der Waals surface area contributed by atoms with Crippen molar-refractivity contribution in [3.63, 3.8) is 0 Å². The van der Waals surface area contributed by atoms with Crippen molar-refractivity contribution in [2.75, 3.05) is 99.0 Å². The summed E-state index contributed by atoms with van der Waals surface area (Å²) < 4.78 is 35.2. The second kappa shape index (κ2) is 18.2. The number of rotatable bonds is 18. The third-order valence-corrected chi connectivity index (χ3v) is 8.20. The number of ether oxygens (including phenoxy) is 6. The molecule has 45 heavy (non-hydrogen) atoms. The first-order valence-electron chi connectivity index (χ1n) is 16.0. The van der Waals surface area contributed by atoms with Crippen molar-refractivity contribution in [1.82, 2.24) is 9.80 Å². The van der Waals surface area contributed by atoms with Crippen LogP contribution in [-0.2, 0) is 25.6 Å². The average molecular weight is 630 g/mol. The molecule has 1 saturated heterocycles. The van der Waals surface area contributed by atoms with Gasteiger partial charge in [0.25, 0.3) is 0 Å². The number of carbonyl (C=O) groups is 1. The third kappa shape index (κ3) is 10.5. The van der Waals surface area contributed by atoms with Crippen LogP contribution in [0.5, 0.6) is 11.5 Å². The van der Waals surface area contributed by atoms with Crippen molar-refractivity contribution < 1.29 is 38.3 Å². The maximum Gasteiger partial charge on any atom is 0.407 e. The molecule has 0 saturated carbocycles. The topological polar surface area (TPSA) is 102 Å². The van der Waals surface area contributed by atoms with Gasteiger partial charge in [0.2, 0.25) is 0 Å². The maximum atomic E-state index is 12.2. The first-order chi connectivity index (χ1) is 21.9. The van der Waals surface area contributed by atoms with E-state index < -0.39 is 12.2 Å². The van der Waals surface area contributed by atoms with Gasteiger partial charge in [0.05, 0.1) is 50.7 Å². The molecule has 0 unspecified atom stereocenters. The molecule has 2 aliphatic rings. The molecule has 0 radical (unpaired) electrons. The predicted molar refractivity (Wildman–Crippen MR) is 173 cm³/mol. The summed E-state index contributed by atoms with van der Waals surface area (Å²) in [7, 11) is 7.47. The molecule has 0 spiro atoms. The van der Waals surface area contributed by atoms with Crippen LogP contribution in [0.4, 0.5) is 10.5 Å². The van der Waals surface area contributed by atoms with Crippen LogP contribution >= 0.6 is 0 Å². The summed E-state index contributed by atoms with van der Waals surface area (Å²) in [5.41, 5.74) is 3.09. The summed E-state index contributed by atoms with van der Waals surface area (Å²) in [4.78, 5) is 18.1. The Morgan fingerprint density at radius 3 is 2.38 bits per heavy atom. The lowest BCUT2D eigenvalue weighted by Crippen LogP contribution is -2.54. The molecule has 2 aromatic rings. The Labute approximate surface area is 267 Å². The van der Waals surface area contributed by atoms with Gasteiger partial charge in [-0.1, -0.05) is 18.2 Å². The monoisotopic (exact) mass is 629 g/mol. The van der Waals surface area contributed by atoms with Gasteiger partial charge in [-0.15, -0.1) is 0 Å². The molecule has 0 aromatic heterocycles. The van der Waals surface area contributed by atoms with Gasteiger partial charge in [-0.05, 0) is 68.9 Å². The summed E-state index contributed by atoms with van der Waals surface area (Å²) in [6.45, 7) is 6.57. The van der Waals surface area contributed by atoms with Gasteiger partial charge in [-0.25, -0.2) is 4.79 Å². The number of piperidine rings is 1. The van der Waals surface area contributed by atoms with E-state index in [1.54, 1.807) is 14.2 Å². The highest BCUT2D eigenvalue weighted by Crippen LogP contribution is 2.36. The largest absolute Gasteiger partial charge is 0.494 e. The number of carboxylic acid groups (broad SMARTS) is 1. The number of anilines is 1. The zero-order valence-electron chi connectivity index (χ0n) is 27.3. The zero-order chi connectivity index (χ0) is 32.0.